The molecule has 10 nitrogen and oxygen atoms in total. The second-order valence-electron chi connectivity index (χ2n) is 8.59. The molecular weight excluding hydrogens is 460 g/mol. The van der Waals surface area contributed by atoms with Gasteiger partial charge in [0, 0.05) is 23.9 Å². The number of esters is 1. The maximum atomic E-state index is 13.2. The molecule has 2 aliphatic heterocycles. The van der Waals surface area contributed by atoms with Crippen molar-refractivity contribution in [2.75, 3.05) is 0 Å². The highest BCUT2D eigenvalue weighted by Crippen LogP contribution is 2.48. The monoisotopic (exact) mass is 482 g/mol. The van der Waals surface area contributed by atoms with Crippen molar-refractivity contribution in [1.82, 2.24) is 14.3 Å². The van der Waals surface area contributed by atoms with E-state index in [9.17, 15) is 24.8 Å². The Morgan fingerprint density at radius 2 is 2.06 bits per heavy atom. The lowest BCUT2D eigenvalue weighted by Crippen LogP contribution is -2.61. The van der Waals surface area contributed by atoms with E-state index in [-0.39, 0.29) is 29.9 Å². The van der Waals surface area contributed by atoms with Crippen molar-refractivity contribution in [1.29, 1.82) is 0 Å². The van der Waals surface area contributed by atoms with Crippen LogP contribution in [0.4, 0.5) is 5.69 Å². The molecule has 2 aliphatic rings. The highest BCUT2D eigenvalue weighted by molar-refractivity contribution is 7.18. The Balaban J connectivity index is 1.47. The third-order valence-corrected chi connectivity index (χ3v) is 7.65. The van der Waals surface area contributed by atoms with Gasteiger partial charge in [-0.3, -0.25) is 19.3 Å². The van der Waals surface area contributed by atoms with Gasteiger partial charge in [0.25, 0.3) is 5.69 Å². The van der Waals surface area contributed by atoms with E-state index in [1.54, 1.807) is 6.92 Å². The van der Waals surface area contributed by atoms with Gasteiger partial charge in [-0.25, -0.2) is 9.78 Å². The Morgan fingerprint density at radius 1 is 1.35 bits per heavy atom. The largest absolute Gasteiger partial charge is 0.456 e. The Morgan fingerprint density at radius 3 is 2.68 bits per heavy atom. The van der Waals surface area contributed by atoms with E-state index in [2.05, 4.69) is 4.98 Å². The predicted octanol–water partition coefficient (Wildman–Crippen LogP) is 2.99. The predicted molar refractivity (Wildman–Crippen MR) is 123 cm³/mol. The Bertz CT molecular complexity index is 1340. The third kappa shape index (κ3) is 3.39. The Hall–Kier alpha value is -3.57. The van der Waals surface area contributed by atoms with Crippen LogP contribution in [0, 0.1) is 29.9 Å². The number of aryl methyl sites for hydroxylation is 2. The number of aromatic nitrogens is 2. The van der Waals surface area contributed by atoms with Crippen LogP contribution in [-0.4, -0.2) is 48.3 Å². The van der Waals surface area contributed by atoms with Crippen LogP contribution in [0.15, 0.2) is 36.2 Å². The van der Waals surface area contributed by atoms with Gasteiger partial charge in [-0.15, -0.1) is 11.3 Å². The molecule has 4 heterocycles. The van der Waals surface area contributed by atoms with Gasteiger partial charge in [0.1, 0.15) is 23.0 Å². The molecule has 1 N–H and O–H groups in total. The number of benzene rings is 1. The number of fused-ring (bicyclic) bond motifs is 2. The zero-order valence-electron chi connectivity index (χ0n) is 18.7. The highest BCUT2D eigenvalue weighted by atomic mass is 32.1. The lowest BCUT2D eigenvalue weighted by atomic mass is 9.83. The summed E-state index contributed by atoms with van der Waals surface area (Å²) in [6.07, 6.45) is 1.54. The molecular formula is C23H22N4O6S. The van der Waals surface area contributed by atoms with E-state index in [1.807, 2.05) is 24.4 Å². The number of carbonyl (C=O) groups is 2. The fourth-order valence-electron chi connectivity index (χ4n) is 4.74. The molecule has 0 bridgehead atoms. The summed E-state index contributed by atoms with van der Waals surface area (Å²) in [5.74, 6) is -0.671. The number of amides is 1. The number of hydrogen-bond acceptors (Lipinski definition) is 8. The van der Waals surface area contributed by atoms with Crippen LogP contribution in [0.5, 0.6) is 0 Å². The van der Waals surface area contributed by atoms with Crippen LogP contribution < -0.4 is 0 Å². The number of carbonyl (C=O) groups excluding carboxylic acids is 2. The molecule has 0 aliphatic carbocycles. The van der Waals surface area contributed by atoms with Crippen LogP contribution in [0.25, 0.3) is 10.4 Å². The van der Waals surface area contributed by atoms with Gasteiger partial charge in [0.15, 0.2) is 0 Å². The van der Waals surface area contributed by atoms with Crippen molar-refractivity contribution < 1.29 is 24.4 Å². The zero-order valence-corrected chi connectivity index (χ0v) is 19.5. The first-order chi connectivity index (χ1) is 16.2. The number of non-ortho nitro benzene ring substituents is 1. The van der Waals surface area contributed by atoms with Crippen LogP contribution in [0.2, 0.25) is 0 Å². The summed E-state index contributed by atoms with van der Waals surface area (Å²) in [7, 11) is 0. The fraction of sp³-hybridized carbons (Fsp3) is 0.348. The molecule has 5 rings (SSSR count). The summed E-state index contributed by atoms with van der Waals surface area (Å²) < 4.78 is 7.49. The minimum atomic E-state index is -0.821. The van der Waals surface area contributed by atoms with E-state index < -0.39 is 22.9 Å². The molecule has 1 saturated heterocycles. The number of aliphatic hydroxyl groups excluding tert-OH is 1. The molecule has 3 atom stereocenters. The van der Waals surface area contributed by atoms with Gasteiger partial charge in [-0.05, 0) is 44.9 Å². The SMILES string of the molecule is Cc1nc(C)n2cc(C3=C(C(=O)OCc4ccc([N+](=O)[O-])cc4)N4C(=O)[C@H]([C@@H](C)O)[C@H]4C3)sc12. The second kappa shape index (κ2) is 8.03. The van der Waals surface area contributed by atoms with Gasteiger partial charge >= 0.3 is 5.97 Å². The molecule has 3 aromatic rings. The molecule has 0 spiro atoms. The number of hydrogen-bond donors (Lipinski definition) is 1. The van der Waals surface area contributed by atoms with Gasteiger partial charge < -0.3 is 14.7 Å². The number of thiazole rings is 1. The van der Waals surface area contributed by atoms with Crippen molar-refractivity contribution in [2.24, 2.45) is 5.92 Å². The number of β-lactam (4-membered cyclic amide) rings is 1. The van der Waals surface area contributed by atoms with Gasteiger partial charge in [-0.2, -0.15) is 0 Å². The van der Waals surface area contributed by atoms with Gasteiger partial charge in [0.05, 0.1) is 33.6 Å². The number of nitro benzene ring substituents is 1. The molecule has 34 heavy (non-hydrogen) atoms. The van der Waals surface area contributed by atoms with Crippen LogP contribution >= 0.6 is 11.3 Å². The summed E-state index contributed by atoms with van der Waals surface area (Å²) in [5, 5.41) is 20.9. The van der Waals surface area contributed by atoms with Crippen LogP contribution in [0.1, 0.15) is 35.3 Å². The highest BCUT2D eigenvalue weighted by Gasteiger charge is 2.57. The molecule has 176 valence electrons. The normalized spacial score (nSPS) is 20.5. The Labute approximate surface area is 198 Å². The molecule has 0 unspecified atom stereocenters. The first-order valence-corrected chi connectivity index (χ1v) is 11.6. The average Bonchev–Trinajstić information content (AvgIpc) is 3.44. The summed E-state index contributed by atoms with van der Waals surface area (Å²) in [5.41, 5.74) is 2.33. The van der Waals surface area contributed by atoms with E-state index in [0.29, 0.717) is 17.6 Å². The Kier molecular flexibility index (Phi) is 5.25. The van der Waals surface area contributed by atoms with Crippen LogP contribution in [-0.2, 0) is 20.9 Å². The molecule has 0 saturated carbocycles. The van der Waals surface area contributed by atoms with E-state index in [4.69, 9.17) is 4.74 Å². The van der Waals surface area contributed by atoms with Crippen molar-refractivity contribution in [2.45, 2.75) is 45.9 Å². The summed E-state index contributed by atoms with van der Waals surface area (Å²) in [6, 6.07) is 5.44. The minimum absolute atomic E-state index is 0.0526. The van der Waals surface area contributed by atoms with Crippen molar-refractivity contribution in [3.63, 3.8) is 0 Å². The lowest BCUT2D eigenvalue weighted by Gasteiger charge is -2.44. The molecule has 0 radical (unpaired) electrons. The first-order valence-electron chi connectivity index (χ1n) is 10.8. The van der Waals surface area contributed by atoms with Crippen molar-refractivity contribution in [3.8, 4) is 0 Å². The summed E-state index contributed by atoms with van der Waals surface area (Å²) in [4.78, 5) is 44.1. The maximum Gasteiger partial charge on any atom is 0.355 e. The smallest absolute Gasteiger partial charge is 0.355 e. The lowest BCUT2D eigenvalue weighted by molar-refractivity contribution is -0.384. The standard InChI is InChI=1S/C23H22N4O6S/c1-11-22-25(13(3)24-11)9-18(34-22)16-8-17-19(12(2)28)21(29)26(17)20(16)23(30)33-10-14-4-6-15(7-5-14)27(31)32/h4-7,9,12,17,19,28H,8,10H2,1-3H3/t12-,17-,19-/m1/s1. The number of imidazole rings is 1. The minimum Gasteiger partial charge on any atom is -0.456 e. The number of aliphatic hydroxyl groups is 1. The van der Waals surface area contributed by atoms with E-state index in [1.165, 1.54) is 40.5 Å². The number of nitrogens with zero attached hydrogens (tertiary/aromatic N) is 4. The number of ether oxygens (including phenoxy) is 1. The summed E-state index contributed by atoms with van der Waals surface area (Å²) in [6.45, 7) is 5.32. The quantitative estimate of drug-likeness (QED) is 0.248. The van der Waals surface area contributed by atoms with Gasteiger partial charge in [-0.1, -0.05) is 0 Å². The van der Waals surface area contributed by atoms with Crippen molar-refractivity contribution in [3.05, 3.63) is 68.2 Å². The van der Waals surface area contributed by atoms with Gasteiger partial charge in [0.2, 0.25) is 5.91 Å². The molecule has 1 amide bonds. The van der Waals surface area contributed by atoms with Crippen LogP contribution in [0.3, 0.4) is 0 Å². The van der Waals surface area contributed by atoms with E-state index in [0.717, 1.165) is 21.2 Å². The molecule has 11 heteroatoms. The molecule has 1 fully saturated rings. The number of rotatable bonds is 6. The summed E-state index contributed by atoms with van der Waals surface area (Å²) >= 11 is 1.50. The van der Waals surface area contributed by atoms with Crippen molar-refractivity contribution >= 4 is 39.3 Å². The first kappa shape index (κ1) is 22.2. The molecule has 1 aromatic carbocycles. The molecule has 2 aromatic heterocycles. The fourth-order valence-corrected chi connectivity index (χ4v) is 5.88. The second-order valence-corrected chi connectivity index (χ2v) is 9.62. The topological polar surface area (TPSA) is 127 Å². The maximum absolute atomic E-state index is 13.2. The van der Waals surface area contributed by atoms with E-state index >= 15 is 0 Å². The third-order valence-electron chi connectivity index (χ3n) is 6.40. The number of nitro groups is 1. The average molecular weight is 483 g/mol. The zero-order chi connectivity index (χ0) is 24.3.